The minimum atomic E-state index is -0.222. The molecule has 0 radical (unpaired) electrons. The number of aromatic nitrogens is 1. The summed E-state index contributed by atoms with van der Waals surface area (Å²) in [6, 6.07) is 9.53. The lowest BCUT2D eigenvalue weighted by molar-refractivity contribution is 0.614. The van der Waals surface area contributed by atoms with Crippen LogP contribution in [0.5, 0.6) is 0 Å². The van der Waals surface area contributed by atoms with E-state index in [-0.39, 0.29) is 11.9 Å². The van der Waals surface area contributed by atoms with Crippen LogP contribution >= 0.6 is 34.2 Å². The van der Waals surface area contributed by atoms with E-state index in [1.807, 2.05) is 46.9 Å². The van der Waals surface area contributed by atoms with E-state index in [0.29, 0.717) is 9.39 Å². The average Bonchev–Trinajstić information content (AvgIpc) is 2.91. The molecule has 2 heterocycles. The smallest absolute Gasteiger partial charge is 0.141 e. The molecule has 1 aliphatic heterocycles. The van der Waals surface area contributed by atoms with Crippen molar-refractivity contribution in [3.05, 3.63) is 56.5 Å². The number of rotatable bonds is 2. The number of pyridine rings is 1. The predicted octanol–water partition coefficient (Wildman–Crippen LogP) is 4.82. The highest BCUT2D eigenvalue weighted by Gasteiger charge is 2.28. The molecule has 1 fully saturated rings. The van der Waals surface area contributed by atoms with Crippen LogP contribution in [0.25, 0.3) is 0 Å². The Morgan fingerprint density at radius 3 is 2.90 bits per heavy atom. The van der Waals surface area contributed by atoms with Crippen LogP contribution in [0.4, 0.5) is 10.2 Å². The van der Waals surface area contributed by atoms with Crippen molar-refractivity contribution < 1.29 is 4.39 Å². The quantitative estimate of drug-likeness (QED) is 0.670. The summed E-state index contributed by atoms with van der Waals surface area (Å²) in [5.41, 5.74) is 1.09. The van der Waals surface area contributed by atoms with E-state index in [0.717, 1.165) is 30.0 Å². The third-order valence-corrected chi connectivity index (χ3v) is 4.74. The van der Waals surface area contributed by atoms with Gasteiger partial charge in [-0.3, -0.25) is 0 Å². The van der Waals surface area contributed by atoms with Gasteiger partial charge in [-0.2, -0.15) is 0 Å². The zero-order valence-corrected chi connectivity index (χ0v) is 13.6. The van der Waals surface area contributed by atoms with Crippen LogP contribution < -0.4 is 4.90 Å². The lowest BCUT2D eigenvalue weighted by Gasteiger charge is -2.26. The van der Waals surface area contributed by atoms with Crippen molar-refractivity contribution in [3.63, 3.8) is 0 Å². The van der Waals surface area contributed by atoms with Gasteiger partial charge in [-0.15, -0.1) is 0 Å². The van der Waals surface area contributed by atoms with Crippen LogP contribution in [0.15, 0.2) is 36.5 Å². The molecular weight excluding hydrogens is 390 g/mol. The van der Waals surface area contributed by atoms with Gasteiger partial charge in [0.05, 0.1) is 9.61 Å². The van der Waals surface area contributed by atoms with Gasteiger partial charge in [-0.1, -0.05) is 29.8 Å². The molecule has 1 aromatic carbocycles. The summed E-state index contributed by atoms with van der Waals surface area (Å²) in [5.74, 6) is 0.464. The SMILES string of the molecule is Fc1cc(N2CCCC2c2ccccc2Cl)ncc1I. The fourth-order valence-electron chi connectivity index (χ4n) is 2.67. The molecule has 3 rings (SSSR count). The Morgan fingerprint density at radius 2 is 2.15 bits per heavy atom. The van der Waals surface area contributed by atoms with E-state index in [1.54, 1.807) is 6.20 Å². The van der Waals surface area contributed by atoms with Crippen LogP contribution in [-0.2, 0) is 0 Å². The molecule has 1 aliphatic rings. The topological polar surface area (TPSA) is 16.1 Å². The van der Waals surface area contributed by atoms with Gasteiger partial charge in [0.25, 0.3) is 0 Å². The summed E-state index contributed by atoms with van der Waals surface area (Å²) in [7, 11) is 0. The first-order valence-corrected chi connectivity index (χ1v) is 7.94. The van der Waals surface area contributed by atoms with Crippen LogP contribution in [0.3, 0.4) is 0 Å². The molecule has 1 atom stereocenters. The number of halogens is 3. The molecule has 1 unspecified atom stereocenters. The summed E-state index contributed by atoms with van der Waals surface area (Å²) >= 11 is 8.24. The normalized spacial score (nSPS) is 18.6. The van der Waals surface area contributed by atoms with Crippen LogP contribution in [0.1, 0.15) is 24.4 Å². The second kappa shape index (κ2) is 5.85. The molecular formula is C15H13ClFIN2. The Morgan fingerprint density at radius 1 is 1.35 bits per heavy atom. The minimum Gasteiger partial charge on any atom is -0.349 e. The third kappa shape index (κ3) is 2.63. The van der Waals surface area contributed by atoms with Gasteiger partial charge in [0.15, 0.2) is 0 Å². The Bertz CT molecular complexity index is 635. The monoisotopic (exact) mass is 402 g/mol. The summed E-state index contributed by atoms with van der Waals surface area (Å²) in [6.45, 7) is 0.878. The second-order valence-electron chi connectivity index (χ2n) is 4.83. The lowest BCUT2D eigenvalue weighted by Crippen LogP contribution is -2.24. The summed E-state index contributed by atoms with van der Waals surface area (Å²) < 4.78 is 14.3. The first-order valence-electron chi connectivity index (χ1n) is 6.49. The van der Waals surface area contributed by atoms with Gasteiger partial charge >= 0.3 is 0 Å². The summed E-state index contributed by atoms with van der Waals surface area (Å²) in [5, 5.41) is 0.760. The van der Waals surface area contributed by atoms with E-state index in [4.69, 9.17) is 11.6 Å². The molecule has 1 aromatic heterocycles. The van der Waals surface area contributed by atoms with E-state index in [9.17, 15) is 4.39 Å². The lowest BCUT2D eigenvalue weighted by atomic mass is 10.0. The molecule has 104 valence electrons. The molecule has 0 aliphatic carbocycles. The maximum atomic E-state index is 13.7. The van der Waals surface area contributed by atoms with E-state index >= 15 is 0 Å². The summed E-state index contributed by atoms with van der Waals surface area (Å²) in [4.78, 5) is 6.50. The Labute approximate surface area is 136 Å². The van der Waals surface area contributed by atoms with Crippen molar-refractivity contribution in [2.24, 2.45) is 0 Å². The Hall–Kier alpha value is -0.880. The number of hydrogen-bond donors (Lipinski definition) is 0. The number of benzene rings is 1. The molecule has 0 amide bonds. The fourth-order valence-corrected chi connectivity index (χ4v) is 3.23. The van der Waals surface area contributed by atoms with Gasteiger partial charge in [0.2, 0.25) is 0 Å². The molecule has 0 bridgehead atoms. The zero-order chi connectivity index (χ0) is 14.1. The molecule has 2 aromatic rings. The van der Waals surface area contributed by atoms with Crippen LogP contribution in [-0.4, -0.2) is 11.5 Å². The first kappa shape index (κ1) is 14.1. The standard InChI is InChI=1S/C15H13ClFIN2/c16-11-5-2-1-4-10(11)14-6-3-7-20(14)15-8-12(17)13(18)9-19-15/h1-2,4-5,8-9,14H,3,6-7H2. The van der Waals surface area contributed by atoms with Crippen molar-refractivity contribution in [2.75, 3.05) is 11.4 Å². The molecule has 0 N–H and O–H groups in total. The number of nitrogens with zero attached hydrogens (tertiary/aromatic N) is 2. The number of anilines is 1. The molecule has 2 nitrogen and oxygen atoms in total. The second-order valence-corrected chi connectivity index (χ2v) is 6.40. The van der Waals surface area contributed by atoms with E-state index in [1.165, 1.54) is 6.07 Å². The first-order chi connectivity index (χ1) is 9.66. The molecule has 0 saturated carbocycles. The summed E-state index contributed by atoms with van der Waals surface area (Å²) in [6.07, 6.45) is 3.65. The van der Waals surface area contributed by atoms with Crippen LogP contribution in [0.2, 0.25) is 5.02 Å². The number of hydrogen-bond acceptors (Lipinski definition) is 2. The third-order valence-electron chi connectivity index (χ3n) is 3.61. The highest BCUT2D eigenvalue weighted by Crippen LogP contribution is 2.38. The maximum Gasteiger partial charge on any atom is 0.141 e. The molecule has 5 heteroatoms. The van der Waals surface area contributed by atoms with Crippen molar-refractivity contribution in [3.8, 4) is 0 Å². The zero-order valence-electron chi connectivity index (χ0n) is 10.7. The van der Waals surface area contributed by atoms with Gasteiger partial charge < -0.3 is 4.90 Å². The van der Waals surface area contributed by atoms with Crippen molar-refractivity contribution in [1.82, 2.24) is 4.98 Å². The molecule has 20 heavy (non-hydrogen) atoms. The van der Waals surface area contributed by atoms with E-state index < -0.39 is 0 Å². The average molecular weight is 403 g/mol. The van der Waals surface area contributed by atoms with Gasteiger partial charge in [-0.05, 0) is 47.1 Å². The highest BCUT2D eigenvalue weighted by atomic mass is 127. The Kier molecular flexibility index (Phi) is 4.12. The maximum absolute atomic E-state index is 13.7. The molecule has 0 spiro atoms. The fraction of sp³-hybridized carbons (Fsp3) is 0.267. The van der Waals surface area contributed by atoms with Crippen molar-refractivity contribution in [1.29, 1.82) is 0 Å². The molecule has 1 saturated heterocycles. The van der Waals surface area contributed by atoms with E-state index in [2.05, 4.69) is 9.88 Å². The van der Waals surface area contributed by atoms with Gasteiger partial charge in [0, 0.05) is 23.8 Å². The Balaban J connectivity index is 1.96. The van der Waals surface area contributed by atoms with Gasteiger partial charge in [0.1, 0.15) is 11.6 Å². The van der Waals surface area contributed by atoms with Crippen molar-refractivity contribution in [2.45, 2.75) is 18.9 Å². The van der Waals surface area contributed by atoms with Crippen molar-refractivity contribution >= 4 is 40.0 Å². The highest BCUT2D eigenvalue weighted by molar-refractivity contribution is 14.1. The van der Waals surface area contributed by atoms with Gasteiger partial charge in [-0.25, -0.2) is 9.37 Å². The predicted molar refractivity (Wildman–Crippen MR) is 87.7 cm³/mol. The minimum absolute atomic E-state index is 0.177. The van der Waals surface area contributed by atoms with Crippen LogP contribution in [0, 0.1) is 9.39 Å². The largest absolute Gasteiger partial charge is 0.349 e.